The number of para-hydroxylation sites is 1. The van der Waals surface area contributed by atoms with Crippen LogP contribution in [0.15, 0.2) is 97.5 Å². The lowest BCUT2D eigenvalue weighted by molar-refractivity contribution is 0.0780. The zero-order valence-electron chi connectivity index (χ0n) is 21.9. The molecule has 1 aliphatic rings. The highest BCUT2D eigenvalue weighted by Crippen LogP contribution is 2.46. The van der Waals surface area contributed by atoms with E-state index in [1.54, 1.807) is 0 Å². The molecule has 0 aliphatic carbocycles. The van der Waals surface area contributed by atoms with Crippen molar-refractivity contribution in [2.75, 3.05) is 11.9 Å². The molecular weight excluding hydrogens is 458 g/mol. The van der Waals surface area contributed by atoms with Gasteiger partial charge in [0.1, 0.15) is 0 Å². The molecule has 0 fully saturated rings. The van der Waals surface area contributed by atoms with Crippen LogP contribution < -0.4 is 15.7 Å². The van der Waals surface area contributed by atoms with Crippen LogP contribution in [0.3, 0.4) is 0 Å². The first-order valence-corrected chi connectivity index (χ1v) is 14.2. The van der Waals surface area contributed by atoms with E-state index in [2.05, 4.69) is 129 Å². The highest BCUT2D eigenvalue weighted by Gasteiger charge is 2.41. The van der Waals surface area contributed by atoms with E-state index in [-0.39, 0.29) is 23.0 Å². The Morgan fingerprint density at radius 2 is 1.50 bits per heavy atom. The number of hydrogen-bond donors (Lipinski definition) is 1. The molecule has 1 radical (unpaired) electrons. The molecule has 5 heteroatoms. The second-order valence-corrected chi connectivity index (χ2v) is 13.5. The smallest absolute Gasteiger partial charge is 0.283 e. The first-order valence-electron chi connectivity index (χ1n) is 12.7. The van der Waals surface area contributed by atoms with Crippen molar-refractivity contribution in [1.29, 1.82) is 0 Å². The van der Waals surface area contributed by atoms with Crippen molar-refractivity contribution < 1.29 is 4.43 Å². The number of benzene rings is 3. The second-order valence-electron chi connectivity index (χ2n) is 11.5. The molecule has 0 spiro atoms. The predicted octanol–water partition coefficient (Wildman–Crippen LogP) is 5.83. The van der Waals surface area contributed by atoms with Gasteiger partial charge in [0.2, 0.25) is 0 Å². The summed E-state index contributed by atoms with van der Waals surface area (Å²) in [5.74, 6) is 0. The summed E-state index contributed by atoms with van der Waals surface area (Å²) < 4.78 is 9.62. The summed E-state index contributed by atoms with van der Waals surface area (Å²) in [6.07, 6.45) is 3.89. The molecule has 5 rings (SSSR count). The predicted molar refractivity (Wildman–Crippen MR) is 150 cm³/mol. The third kappa shape index (κ3) is 4.78. The van der Waals surface area contributed by atoms with Crippen LogP contribution in [-0.2, 0) is 4.43 Å². The molecular formula is C31H36N3OSi. The van der Waals surface area contributed by atoms with E-state index in [1.165, 1.54) is 21.6 Å². The summed E-state index contributed by atoms with van der Waals surface area (Å²) in [5, 5.41) is 6.14. The van der Waals surface area contributed by atoms with Crippen LogP contribution in [0.4, 0.5) is 5.69 Å². The third-order valence-electron chi connectivity index (χ3n) is 7.07. The van der Waals surface area contributed by atoms with E-state index in [1.807, 2.05) is 12.5 Å². The van der Waals surface area contributed by atoms with Crippen LogP contribution in [-0.4, -0.2) is 25.1 Å². The number of aromatic nitrogens is 2. The highest BCUT2D eigenvalue weighted by molar-refractivity contribution is 6.80. The van der Waals surface area contributed by atoms with Crippen molar-refractivity contribution in [3.63, 3.8) is 0 Å². The van der Waals surface area contributed by atoms with Gasteiger partial charge in [-0.15, -0.1) is 0 Å². The first-order chi connectivity index (χ1) is 17.3. The second kappa shape index (κ2) is 9.72. The van der Waals surface area contributed by atoms with Gasteiger partial charge in [-0.2, -0.15) is 0 Å². The average Bonchev–Trinajstić information content (AvgIpc) is 3.33. The van der Waals surface area contributed by atoms with E-state index in [9.17, 15) is 0 Å². The fourth-order valence-corrected chi connectivity index (χ4v) is 7.58. The number of hydrogen-bond acceptors (Lipinski definition) is 3. The summed E-state index contributed by atoms with van der Waals surface area (Å²) in [5.41, 5.74) is 3.50. The van der Waals surface area contributed by atoms with E-state index >= 15 is 0 Å². The standard InChI is InChI=1S/C31H36N3OSi/c1-30(2,3)29(35-36(23-14-8-6-9-15-23)24-16-10-7-11-17-24)27-20-32-22-34(27)28-25-18-12-13-19-26(25)33-21-31(28,4)5/h6-20,22,28-29,33H,21H2,1-5H3. The molecule has 0 saturated carbocycles. The number of nitrogens with one attached hydrogen (secondary N) is 1. The summed E-state index contributed by atoms with van der Waals surface area (Å²) in [6.45, 7) is 12.4. The summed E-state index contributed by atoms with van der Waals surface area (Å²) >= 11 is 0. The number of imidazole rings is 1. The normalized spacial score (nSPS) is 17.9. The average molecular weight is 495 g/mol. The van der Waals surface area contributed by atoms with Crippen molar-refractivity contribution in [2.45, 2.75) is 46.8 Å². The maximum Gasteiger partial charge on any atom is 0.283 e. The molecule has 0 saturated heterocycles. The Morgan fingerprint density at radius 3 is 2.11 bits per heavy atom. The van der Waals surface area contributed by atoms with Crippen molar-refractivity contribution in [3.05, 3.63) is 109 Å². The molecule has 4 nitrogen and oxygen atoms in total. The van der Waals surface area contributed by atoms with Gasteiger partial charge in [-0.25, -0.2) is 4.98 Å². The Morgan fingerprint density at radius 1 is 0.917 bits per heavy atom. The quantitative estimate of drug-likeness (QED) is 0.343. The van der Waals surface area contributed by atoms with E-state index in [4.69, 9.17) is 9.41 Å². The zero-order valence-corrected chi connectivity index (χ0v) is 22.9. The molecule has 2 heterocycles. The van der Waals surface area contributed by atoms with E-state index < -0.39 is 9.04 Å². The minimum atomic E-state index is -1.49. The molecule has 2 atom stereocenters. The monoisotopic (exact) mass is 494 g/mol. The number of fused-ring (bicyclic) bond motifs is 1. The van der Waals surface area contributed by atoms with Gasteiger partial charge in [-0.05, 0) is 27.4 Å². The molecule has 0 amide bonds. The lowest BCUT2D eigenvalue weighted by atomic mass is 9.76. The molecule has 4 aromatic rings. The fraction of sp³-hybridized carbons (Fsp3) is 0.323. The van der Waals surface area contributed by atoms with Gasteiger partial charge in [0.25, 0.3) is 9.04 Å². The van der Waals surface area contributed by atoms with E-state index in [0.717, 1.165) is 12.2 Å². The van der Waals surface area contributed by atoms with Crippen molar-refractivity contribution in [1.82, 2.24) is 9.55 Å². The summed E-state index contributed by atoms with van der Waals surface area (Å²) in [7, 11) is -1.49. The maximum absolute atomic E-state index is 7.24. The fourth-order valence-electron chi connectivity index (χ4n) is 5.28. The molecule has 1 N–H and O–H groups in total. The molecule has 36 heavy (non-hydrogen) atoms. The topological polar surface area (TPSA) is 39.1 Å². The third-order valence-corrected chi connectivity index (χ3v) is 9.25. The van der Waals surface area contributed by atoms with Gasteiger partial charge in [0.05, 0.1) is 30.4 Å². The molecule has 1 aliphatic heterocycles. The van der Waals surface area contributed by atoms with E-state index in [0.29, 0.717) is 0 Å². The minimum absolute atomic E-state index is 0.00111. The van der Waals surface area contributed by atoms with Crippen LogP contribution in [0.25, 0.3) is 0 Å². The Bertz CT molecular complexity index is 1250. The number of anilines is 1. The van der Waals surface area contributed by atoms with Gasteiger partial charge in [-0.1, -0.05) is 113 Å². The van der Waals surface area contributed by atoms with Gasteiger partial charge in [0, 0.05) is 17.6 Å². The largest absolute Gasteiger partial charge is 0.398 e. The maximum atomic E-state index is 7.24. The molecule has 1 aromatic heterocycles. The van der Waals surface area contributed by atoms with Gasteiger partial charge in [-0.3, -0.25) is 0 Å². The lowest BCUT2D eigenvalue weighted by Crippen LogP contribution is -2.48. The van der Waals surface area contributed by atoms with Gasteiger partial charge >= 0.3 is 0 Å². The van der Waals surface area contributed by atoms with Gasteiger partial charge < -0.3 is 14.3 Å². The Balaban J connectivity index is 1.61. The Labute approximate surface area is 217 Å². The highest BCUT2D eigenvalue weighted by atomic mass is 28.3. The first kappa shape index (κ1) is 24.5. The minimum Gasteiger partial charge on any atom is -0.398 e. The molecule has 0 bridgehead atoms. The molecule has 185 valence electrons. The Kier molecular flexibility index (Phi) is 6.62. The summed E-state index contributed by atoms with van der Waals surface area (Å²) in [6, 6.07) is 30.2. The zero-order chi connectivity index (χ0) is 25.3. The SMILES string of the molecule is CC(C)(C)C(O[Si](c1ccccc1)c1ccccc1)c1cncn1C1c2ccccc2NCC1(C)C. The molecule has 2 unspecified atom stereocenters. The van der Waals surface area contributed by atoms with Crippen molar-refractivity contribution in [2.24, 2.45) is 10.8 Å². The van der Waals surface area contributed by atoms with Gasteiger partial charge in [0.15, 0.2) is 0 Å². The van der Waals surface area contributed by atoms with Crippen LogP contribution in [0.5, 0.6) is 0 Å². The van der Waals surface area contributed by atoms with Crippen LogP contribution in [0, 0.1) is 10.8 Å². The summed E-state index contributed by atoms with van der Waals surface area (Å²) in [4.78, 5) is 4.70. The van der Waals surface area contributed by atoms with Crippen LogP contribution in [0.2, 0.25) is 0 Å². The number of rotatable bonds is 6. The van der Waals surface area contributed by atoms with Crippen molar-refractivity contribution in [3.8, 4) is 0 Å². The lowest BCUT2D eigenvalue weighted by Gasteiger charge is -2.43. The Hall–Kier alpha value is -3.15. The van der Waals surface area contributed by atoms with Crippen LogP contribution in [0.1, 0.15) is 58.0 Å². The molecule has 3 aromatic carbocycles. The number of nitrogens with zero attached hydrogens (tertiary/aromatic N) is 2. The van der Waals surface area contributed by atoms with Crippen LogP contribution >= 0.6 is 0 Å². The van der Waals surface area contributed by atoms with Crippen molar-refractivity contribution >= 4 is 25.1 Å².